The predicted molar refractivity (Wildman–Crippen MR) is 78.2 cm³/mol. The van der Waals surface area contributed by atoms with E-state index in [0.717, 1.165) is 11.6 Å². The molecule has 0 aliphatic heterocycles. The van der Waals surface area contributed by atoms with Gasteiger partial charge >= 0.3 is 7.12 Å². The van der Waals surface area contributed by atoms with Crippen LogP contribution in [0.15, 0.2) is 42.5 Å². The van der Waals surface area contributed by atoms with Crippen LogP contribution < -0.4 is 14.9 Å². The number of benzene rings is 2. The maximum atomic E-state index is 13.6. The minimum atomic E-state index is -1.83. The molecule has 0 saturated carbocycles. The van der Waals surface area contributed by atoms with Crippen molar-refractivity contribution >= 4 is 12.6 Å². The van der Waals surface area contributed by atoms with Crippen molar-refractivity contribution < 1.29 is 23.9 Å². The molecule has 2 rings (SSSR count). The summed E-state index contributed by atoms with van der Waals surface area (Å²) in [5.41, 5.74) is 0.857. The van der Waals surface area contributed by atoms with Gasteiger partial charge in [-0.05, 0) is 18.6 Å². The molecule has 0 atom stereocenters. The van der Waals surface area contributed by atoms with Crippen LogP contribution in [-0.2, 0) is 6.61 Å². The first-order valence-corrected chi connectivity index (χ1v) is 6.61. The molecule has 0 unspecified atom stereocenters. The van der Waals surface area contributed by atoms with E-state index in [2.05, 4.69) is 0 Å². The Kier molecular flexibility index (Phi) is 5.19. The summed E-state index contributed by atoms with van der Waals surface area (Å²) in [5.74, 6) is -0.335. The normalized spacial score (nSPS) is 10.3. The summed E-state index contributed by atoms with van der Waals surface area (Å²) in [7, 11) is -1.83. The van der Waals surface area contributed by atoms with Crippen molar-refractivity contribution in [2.45, 2.75) is 13.5 Å². The molecule has 0 spiro atoms. The highest BCUT2D eigenvalue weighted by atomic mass is 19.1. The fourth-order valence-electron chi connectivity index (χ4n) is 1.92. The topological polar surface area (TPSA) is 58.9 Å². The van der Waals surface area contributed by atoms with E-state index in [9.17, 15) is 14.4 Å². The quantitative estimate of drug-likeness (QED) is 0.791. The Morgan fingerprint density at radius 2 is 1.81 bits per heavy atom. The number of hydrogen-bond acceptors (Lipinski definition) is 4. The number of ether oxygens (including phenoxy) is 2. The van der Waals surface area contributed by atoms with Gasteiger partial charge in [0.15, 0.2) is 11.5 Å². The van der Waals surface area contributed by atoms with Crippen molar-refractivity contribution in [2.75, 3.05) is 6.61 Å². The van der Waals surface area contributed by atoms with Crippen LogP contribution in [0.4, 0.5) is 4.39 Å². The van der Waals surface area contributed by atoms with E-state index in [-0.39, 0.29) is 23.6 Å². The molecule has 6 heteroatoms. The van der Waals surface area contributed by atoms with Crippen LogP contribution in [-0.4, -0.2) is 23.8 Å². The molecular formula is C15H16BFO4. The van der Waals surface area contributed by atoms with Gasteiger partial charge in [-0.1, -0.05) is 30.3 Å². The SMILES string of the molecule is CCOc1c(OCc2ccccc2)cc(F)cc1B(O)O. The van der Waals surface area contributed by atoms with E-state index in [1.54, 1.807) is 6.92 Å². The summed E-state index contributed by atoms with van der Waals surface area (Å²) >= 11 is 0. The maximum Gasteiger partial charge on any atom is 0.492 e. The molecule has 0 amide bonds. The van der Waals surface area contributed by atoms with Crippen LogP contribution in [0, 0.1) is 5.82 Å². The van der Waals surface area contributed by atoms with Gasteiger partial charge in [0.25, 0.3) is 0 Å². The second kappa shape index (κ2) is 7.10. The van der Waals surface area contributed by atoms with Crippen molar-refractivity contribution in [3.05, 3.63) is 53.8 Å². The first kappa shape index (κ1) is 15.3. The van der Waals surface area contributed by atoms with Gasteiger partial charge in [-0.25, -0.2) is 4.39 Å². The lowest BCUT2D eigenvalue weighted by molar-refractivity contribution is 0.268. The third kappa shape index (κ3) is 3.96. The molecule has 110 valence electrons. The predicted octanol–water partition coefficient (Wildman–Crippen LogP) is 1.48. The van der Waals surface area contributed by atoms with Crippen LogP contribution in [0.3, 0.4) is 0 Å². The Labute approximate surface area is 122 Å². The van der Waals surface area contributed by atoms with Crippen molar-refractivity contribution in [1.82, 2.24) is 0 Å². The standard InChI is InChI=1S/C15H16BFO4/c1-2-20-15-13(16(18)19)8-12(17)9-14(15)21-10-11-6-4-3-5-7-11/h3-9,18-19H,2,10H2,1H3. The Hall–Kier alpha value is -2.05. The minimum Gasteiger partial charge on any atom is -0.490 e. The first-order chi connectivity index (χ1) is 10.1. The van der Waals surface area contributed by atoms with E-state index >= 15 is 0 Å². The molecule has 2 N–H and O–H groups in total. The van der Waals surface area contributed by atoms with Gasteiger partial charge in [-0.15, -0.1) is 0 Å². The van der Waals surface area contributed by atoms with E-state index in [4.69, 9.17) is 9.47 Å². The van der Waals surface area contributed by atoms with Crippen LogP contribution in [0.25, 0.3) is 0 Å². The van der Waals surface area contributed by atoms with E-state index < -0.39 is 12.9 Å². The highest BCUT2D eigenvalue weighted by molar-refractivity contribution is 6.59. The van der Waals surface area contributed by atoms with E-state index in [1.807, 2.05) is 30.3 Å². The van der Waals surface area contributed by atoms with Gasteiger partial charge in [0.05, 0.1) is 6.61 Å². The van der Waals surface area contributed by atoms with Crippen LogP contribution >= 0.6 is 0 Å². The summed E-state index contributed by atoms with van der Waals surface area (Å²) in [6.07, 6.45) is 0. The monoisotopic (exact) mass is 290 g/mol. The highest BCUT2D eigenvalue weighted by Gasteiger charge is 2.22. The molecule has 0 radical (unpaired) electrons. The molecule has 0 aliphatic rings. The van der Waals surface area contributed by atoms with E-state index in [1.165, 1.54) is 6.07 Å². The van der Waals surface area contributed by atoms with Gasteiger partial charge < -0.3 is 19.5 Å². The molecule has 0 saturated heterocycles. The lowest BCUT2D eigenvalue weighted by Crippen LogP contribution is -2.32. The Morgan fingerprint density at radius 1 is 1.10 bits per heavy atom. The third-order valence-electron chi connectivity index (χ3n) is 2.85. The van der Waals surface area contributed by atoms with Gasteiger partial charge in [-0.2, -0.15) is 0 Å². The zero-order valence-electron chi connectivity index (χ0n) is 11.6. The van der Waals surface area contributed by atoms with Crippen LogP contribution in [0.1, 0.15) is 12.5 Å². The van der Waals surface area contributed by atoms with E-state index in [0.29, 0.717) is 6.61 Å². The van der Waals surface area contributed by atoms with Crippen LogP contribution in [0.2, 0.25) is 0 Å². The summed E-state index contributed by atoms with van der Waals surface area (Å²) in [6.45, 7) is 2.27. The summed E-state index contributed by atoms with van der Waals surface area (Å²) < 4.78 is 24.5. The molecular weight excluding hydrogens is 274 g/mol. The lowest BCUT2D eigenvalue weighted by Gasteiger charge is -2.16. The van der Waals surface area contributed by atoms with Gasteiger partial charge in [0.1, 0.15) is 12.4 Å². The average molecular weight is 290 g/mol. The van der Waals surface area contributed by atoms with Gasteiger partial charge in [0, 0.05) is 11.5 Å². The summed E-state index contributed by atoms with van der Waals surface area (Å²) in [5, 5.41) is 18.6. The second-order valence-corrected chi connectivity index (χ2v) is 4.40. The van der Waals surface area contributed by atoms with Crippen LogP contribution in [0.5, 0.6) is 11.5 Å². The maximum absolute atomic E-state index is 13.6. The number of rotatable bonds is 6. The van der Waals surface area contributed by atoms with Crippen molar-refractivity contribution in [3.63, 3.8) is 0 Å². The summed E-state index contributed by atoms with van der Waals surface area (Å²) in [6, 6.07) is 11.6. The Morgan fingerprint density at radius 3 is 2.43 bits per heavy atom. The molecule has 0 aliphatic carbocycles. The zero-order valence-corrected chi connectivity index (χ0v) is 11.6. The molecule has 2 aromatic rings. The van der Waals surface area contributed by atoms with Crippen molar-refractivity contribution in [1.29, 1.82) is 0 Å². The minimum absolute atomic E-state index is 0.0556. The molecule has 4 nitrogen and oxygen atoms in total. The highest BCUT2D eigenvalue weighted by Crippen LogP contribution is 2.27. The third-order valence-corrected chi connectivity index (χ3v) is 2.85. The molecule has 0 fully saturated rings. The van der Waals surface area contributed by atoms with Crippen molar-refractivity contribution in [2.24, 2.45) is 0 Å². The Bertz CT molecular complexity index is 590. The van der Waals surface area contributed by atoms with Crippen molar-refractivity contribution in [3.8, 4) is 11.5 Å². The second-order valence-electron chi connectivity index (χ2n) is 4.40. The number of halogens is 1. The smallest absolute Gasteiger partial charge is 0.490 e. The first-order valence-electron chi connectivity index (χ1n) is 6.61. The molecule has 2 aromatic carbocycles. The Balaban J connectivity index is 2.28. The molecule has 21 heavy (non-hydrogen) atoms. The lowest BCUT2D eigenvalue weighted by atomic mass is 9.79. The van der Waals surface area contributed by atoms with Gasteiger partial charge in [0.2, 0.25) is 0 Å². The summed E-state index contributed by atoms with van der Waals surface area (Å²) in [4.78, 5) is 0. The fourth-order valence-corrected chi connectivity index (χ4v) is 1.92. The fraction of sp³-hybridized carbons (Fsp3) is 0.200. The largest absolute Gasteiger partial charge is 0.492 e. The number of hydrogen-bond donors (Lipinski definition) is 2. The molecule has 0 bridgehead atoms. The molecule has 0 heterocycles. The zero-order chi connectivity index (χ0) is 15.2. The average Bonchev–Trinajstić information content (AvgIpc) is 2.48. The van der Waals surface area contributed by atoms with Gasteiger partial charge in [-0.3, -0.25) is 0 Å². The molecule has 0 aromatic heterocycles.